The molecule has 1 saturated heterocycles. The molecule has 0 bridgehead atoms. The van der Waals surface area contributed by atoms with Gasteiger partial charge < -0.3 is 9.32 Å². The van der Waals surface area contributed by atoms with Crippen LogP contribution < -0.4 is 4.90 Å². The van der Waals surface area contributed by atoms with Crippen LogP contribution in [0.5, 0.6) is 0 Å². The van der Waals surface area contributed by atoms with Crippen molar-refractivity contribution in [3.8, 4) is 11.5 Å². The number of anilines is 1. The summed E-state index contributed by atoms with van der Waals surface area (Å²) >= 11 is 0. The minimum absolute atomic E-state index is 0.0109. The molecule has 122 valence electrons. The molecule has 3 heterocycles. The Morgan fingerprint density at radius 3 is 2.71 bits per heavy atom. The number of oxazole rings is 1. The van der Waals surface area contributed by atoms with Crippen molar-refractivity contribution in [2.24, 2.45) is 0 Å². The third-order valence-electron chi connectivity index (χ3n) is 4.22. The van der Waals surface area contributed by atoms with Crippen molar-refractivity contribution in [1.29, 1.82) is 0 Å². The Morgan fingerprint density at radius 1 is 1.08 bits per heavy atom. The summed E-state index contributed by atoms with van der Waals surface area (Å²) in [6.45, 7) is 2.01. The molecule has 7 heteroatoms. The number of hydrogen-bond donors (Lipinski definition) is 0. The fourth-order valence-electron chi connectivity index (χ4n) is 2.98. The highest BCUT2D eigenvalue weighted by molar-refractivity contribution is 5.75. The second kappa shape index (κ2) is 5.92. The highest BCUT2D eigenvalue weighted by atomic mass is 16.6. The molecule has 0 spiro atoms. The van der Waals surface area contributed by atoms with Crippen molar-refractivity contribution < 1.29 is 9.34 Å². The van der Waals surface area contributed by atoms with E-state index in [9.17, 15) is 10.1 Å². The average Bonchev–Trinajstić information content (AvgIpc) is 3.06. The lowest BCUT2D eigenvalue weighted by molar-refractivity contribution is -0.384. The van der Waals surface area contributed by atoms with E-state index in [4.69, 9.17) is 4.42 Å². The van der Waals surface area contributed by atoms with E-state index >= 15 is 0 Å². The Balaban J connectivity index is 1.70. The summed E-state index contributed by atoms with van der Waals surface area (Å²) in [5, 5.41) is 10.9. The fraction of sp³-hybridized carbons (Fsp3) is 0.294. The van der Waals surface area contributed by atoms with Crippen LogP contribution >= 0.6 is 0 Å². The van der Waals surface area contributed by atoms with Gasteiger partial charge in [0.05, 0.1) is 4.92 Å². The Bertz CT molecular complexity index is 900. The molecule has 0 aliphatic carbocycles. The molecule has 2 aromatic heterocycles. The first-order valence-corrected chi connectivity index (χ1v) is 7.98. The van der Waals surface area contributed by atoms with Crippen LogP contribution in [0.3, 0.4) is 0 Å². The highest BCUT2D eigenvalue weighted by Crippen LogP contribution is 2.28. The maximum atomic E-state index is 10.9. The predicted octanol–water partition coefficient (Wildman–Crippen LogP) is 3.79. The van der Waals surface area contributed by atoms with Gasteiger partial charge >= 0.3 is 0 Å². The fourth-order valence-corrected chi connectivity index (χ4v) is 2.98. The molecular weight excluding hydrogens is 308 g/mol. The zero-order chi connectivity index (χ0) is 16.5. The summed E-state index contributed by atoms with van der Waals surface area (Å²) in [6, 6.07) is 10.1. The molecule has 3 aromatic rings. The van der Waals surface area contributed by atoms with E-state index in [1.54, 1.807) is 12.1 Å². The van der Waals surface area contributed by atoms with E-state index < -0.39 is 4.92 Å². The van der Waals surface area contributed by atoms with Gasteiger partial charge in [-0.05, 0) is 37.5 Å². The summed E-state index contributed by atoms with van der Waals surface area (Å²) in [5.41, 5.74) is 1.69. The molecule has 1 aliphatic rings. The number of aromatic nitrogens is 2. The van der Waals surface area contributed by atoms with Crippen LogP contribution in [0.2, 0.25) is 0 Å². The Labute approximate surface area is 138 Å². The number of hydrogen-bond acceptors (Lipinski definition) is 6. The normalized spacial score (nSPS) is 14.9. The molecule has 0 N–H and O–H groups in total. The molecule has 0 unspecified atom stereocenters. The smallest absolute Gasteiger partial charge is 0.270 e. The monoisotopic (exact) mass is 324 g/mol. The SMILES string of the molecule is O=[N+]([O-])c1cccc(-c2nc3ccc(N4CCCCC4)nc3o2)c1. The molecule has 1 aliphatic heterocycles. The number of benzene rings is 1. The maximum Gasteiger partial charge on any atom is 0.270 e. The van der Waals surface area contributed by atoms with Gasteiger partial charge in [0.15, 0.2) is 0 Å². The van der Waals surface area contributed by atoms with Crippen molar-refractivity contribution in [1.82, 2.24) is 9.97 Å². The van der Waals surface area contributed by atoms with Crippen molar-refractivity contribution >= 4 is 22.7 Å². The number of nitrogens with zero attached hydrogens (tertiary/aromatic N) is 4. The molecule has 1 aromatic carbocycles. The van der Waals surface area contributed by atoms with Gasteiger partial charge in [0.25, 0.3) is 5.69 Å². The van der Waals surface area contributed by atoms with E-state index in [2.05, 4.69) is 14.9 Å². The van der Waals surface area contributed by atoms with E-state index in [-0.39, 0.29) is 5.69 Å². The zero-order valence-electron chi connectivity index (χ0n) is 13.0. The summed E-state index contributed by atoms with van der Waals surface area (Å²) in [4.78, 5) is 21.7. The van der Waals surface area contributed by atoms with Gasteiger partial charge in [-0.1, -0.05) is 6.07 Å². The van der Waals surface area contributed by atoms with Crippen LogP contribution in [0.4, 0.5) is 11.5 Å². The molecule has 1 fully saturated rings. The molecule has 0 atom stereocenters. The quantitative estimate of drug-likeness (QED) is 0.538. The van der Waals surface area contributed by atoms with Gasteiger partial charge in [-0.2, -0.15) is 4.98 Å². The van der Waals surface area contributed by atoms with Crippen molar-refractivity contribution in [2.45, 2.75) is 19.3 Å². The van der Waals surface area contributed by atoms with Crippen molar-refractivity contribution in [3.63, 3.8) is 0 Å². The number of fused-ring (bicyclic) bond motifs is 1. The van der Waals surface area contributed by atoms with E-state index in [1.807, 2.05) is 12.1 Å². The molecule has 24 heavy (non-hydrogen) atoms. The zero-order valence-corrected chi connectivity index (χ0v) is 13.0. The lowest BCUT2D eigenvalue weighted by Gasteiger charge is -2.27. The number of nitro benzene ring substituents is 1. The largest absolute Gasteiger partial charge is 0.418 e. The number of piperidine rings is 1. The average molecular weight is 324 g/mol. The van der Waals surface area contributed by atoms with Crippen LogP contribution in [0.25, 0.3) is 22.7 Å². The summed E-state index contributed by atoms with van der Waals surface area (Å²) in [5.74, 6) is 1.24. The molecular formula is C17H16N4O3. The first kappa shape index (κ1) is 14.6. The number of nitro groups is 1. The van der Waals surface area contributed by atoms with E-state index in [1.165, 1.54) is 31.4 Å². The maximum absolute atomic E-state index is 10.9. The van der Waals surface area contributed by atoms with E-state index in [0.29, 0.717) is 22.7 Å². The minimum atomic E-state index is -0.432. The van der Waals surface area contributed by atoms with Crippen molar-refractivity contribution in [2.75, 3.05) is 18.0 Å². The lowest BCUT2D eigenvalue weighted by Crippen LogP contribution is -2.29. The van der Waals surface area contributed by atoms with Crippen LogP contribution in [0.15, 0.2) is 40.8 Å². The summed E-state index contributed by atoms with van der Waals surface area (Å²) in [6.07, 6.45) is 3.61. The Kier molecular flexibility index (Phi) is 3.60. The van der Waals surface area contributed by atoms with Gasteiger partial charge in [0.1, 0.15) is 11.3 Å². The summed E-state index contributed by atoms with van der Waals surface area (Å²) in [7, 11) is 0. The lowest BCUT2D eigenvalue weighted by atomic mass is 10.1. The third kappa shape index (κ3) is 2.68. The van der Waals surface area contributed by atoms with Crippen LogP contribution in [0.1, 0.15) is 19.3 Å². The van der Waals surface area contributed by atoms with Crippen LogP contribution in [-0.2, 0) is 0 Å². The number of rotatable bonds is 3. The number of non-ortho nitro benzene ring substituents is 1. The number of pyridine rings is 1. The standard InChI is InChI=1S/C17H16N4O3/c22-21(23)13-6-4-5-12(11-13)16-18-14-7-8-15(19-17(14)24-16)20-9-2-1-3-10-20/h4-8,11H,1-3,9-10H2. The molecule has 7 nitrogen and oxygen atoms in total. The molecule has 0 saturated carbocycles. The first-order chi connectivity index (χ1) is 11.7. The van der Waals surface area contributed by atoms with Crippen LogP contribution in [-0.4, -0.2) is 28.0 Å². The van der Waals surface area contributed by atoms with Crippen LogP contribution in [0, 0.1) is 10.1 Å². The molecule has 0 radical (unpaired) electrons. The minimum Gasteiger partial charge on any atom is -0.418 e. The molecule has 0 amide bonds. The van der Waals surface area contributed by atoms with Gasteiger partial charge in [-0.15, -0.1) is 0 Å². The predicted molar refractivity (Wildman–Crippen MR) is 90.0 cm³/mol. The Hall–Kier alpha value is -2.96. The third-order valence-corrected chi connectivity index (χ3v) is 4.22. The highest BCUT2D eigenvalue weighted by Gasteiger charge is 2.16. The summed E-state index contributed by atoms with van der Waals surface area (Å²) < 4.78 is 5.75. The second-order valence-electron chi connectivity index (χ2n) is 5.87. The topological polar surface area (TPSA) is 85.3 Å². The second-order valence-corrected chi connectivity index (χ2v) is 5.87. The van der Waals surface area contributed by atoms with E-state index in [0.717, 1.165) is 18.9 Å². The van der Waals surface area contributed by atoms with Gasteiger partial charge in [0, 0.05) is 30.8 Å². The van der Waals surface area contributed by atoms with Crippen molar-refractivity contribution in [3.05, 3.63) is 46.5 Å². The van der Waals surface area contributed by atoms with Gasteiger partial charge in [0.2, 0.25) is 11.6 Å². The Morgan fingerprint density at radius 2 is 1.92 bits per heavy atom. The first-order valence-electron chi connectivity index (χ1n) is 7.98. The van der Waals surface area contributed by atoms with Gasteiger partial charge in [-0.25, -0.2) is 4.98 Å². The molecule has 4 rings (SSSR count). The van der Waals surface area contributed by atoms with Gasteiger partial charge in [-0.3, -0.25) is 10.1 Å².